The van der Waals surface area contributed by atoms with Crippen molar-refractivity contribution in [1.29, 1.82) is 0 Å². The van der Waals surface area contributed by atoms with Crippen molar-refractivity contribution in [2.45, 2.75) is 18.8 Å². The highest BCUT2D eigenvalue weighted by Gasteiger charge is 2.19. The highest BCUT2D eigenvalue weighted by molar-refractivity contribution is 5.56. The van der Waals surface area contributed by atoms with Crippen LogP contribution in [0.4, 0.5) is 0 Å². The van der Waals surface area contributed by atoms with Gasteiger partial charge in [-0.1, -0.05) is 0 Å². The Morgan fingerprint density at radius 3 is 2.89 bits per heavy atom. The van der Waals surface area contributed by atoms with Crippen LogP contribution in [0.2, 0.25) is 0 Å². The van der Waals surface area contributed by atoms with Gasteiger partial charge in [0.05, 0.1) is 11.9 Å². The van der Waals surface area contributed by atoms with E-state index < -0.39 is 0 Å². The molecule has 0 amide bonds. The minimum atomic E-state index is 0.426. The molecule has 18 heavy (non-hydrogen) atoms. The lowest BCUT2D eigenvalue weighted by Gasteiger charge is -2.20. The third-order valence-electron chi connectivity index (χ3n) is 3.26. The van der Waals surface area contributed by atoms with E-state index in [-0.39, 0.29) is 0 Å². The Kier molecular flexibility index (Phi) is 3.06. The molecule has 0 spiro atoms. The van der Waals surface area contributed by atoms with Crippen LogP contribution in [0.3, 0.4) is 0 Å². The summed E-state index contributed by atoms with van der Waals surface area (Å²) in [4.78, 5) is 9.06. The molecule has 2 aromatic heterocycles. The van der Waals surface area contributed by atoms with Crippen molar-refractivity contribution in [2.75, 3.05) is 13.2 Å². The Morgan fingerprint density at radius 2 is 2.17 bits per heavy atom. The number of ether oxygens (including phenoxy) is 1. The number of rotatable bonds is 2. The predicted octanol–water partition coefficient (Wildman–Crippen LogP) is 1.77. The average Bonchev–Trinajstić information content (AvgIpc) is 2.87. The number of aryl methyl sites for hydroxylation is 1. The van der Waals surface area contributed by atoms with Gasteiger partial charge >= 0.3 is 0 Å². The molecule has 0 aliphatic carbocycles. The summed E-state index contributed by atoms with van der Waals surface area (Å²) in [6.45, 7) is 1.62. The van der Waals surface area contributed by atoms with E-state index in [2.05, 4.69) is 15.1 Å². The van der Waals surface area contributed by atoms with Gasteiger partial charge in [-0.2, -0.15) is 5.10 Å². The summed E-state index contributed by atoms with van der Waals surface area (Å²) in [5.41, 5.74) is 1.98. The van der Waals surface area contributed by atoms with Crippen molar-refractivity contribution in [3.8, 4) is 11.3 Å². The maximum absolute atomic E-state index is 5.37. The molecule has 2 aromatic rings. The SMILES string of the molecule is Cn1cc(-c2ccnc(C3CCOCC3)n2)cn1. The zero-order valence-corrected chi connectivity index (χ0v) is 10.4. The summed E-state index contributed by atoms with van der Waals surface area (Å²) >= 11 is 0. The summed E-state index contributed by atoms with van der Waals surface area (Å²) in [6, 6.07) is 1.93. The number of nitrogens with zero attached hydrogens (tertiary/aromatic N) is 4. The van der Waals surface area contributed by atoms with E-state index in [1.54, 1.807) is 4.68 Å². The first kappa shape index (κ1) is 11.3. The third kappa shape index (κ3) is 2.26. The second-order valence-corrected chi connectivity index (χ2v) is 4.59. The Hall–Kier alpha value is -1.75. The van der Waals surface area contributed by atoms with Gasteiger partial charge in [-0.15, -0.1) is 0 Å². The van der Waals surface area contributed by atoms with Crippen LogP contribution in [-0.2, 0) is 11.8 Å². The van der Waals surface area contributed by atoms with Crippen LogP contribution in [0.1, 0.15) is 24.6 Å². The fraction of sp³-hybridized carbons (Fsp3) is 0.462. The van der Waals surface area contributed by atoms with E-state index in [9.17, 15) is 0 Å². The quantitative estimate of drug-likeness (QED) is 0.808. The number of hydrogen-bond acceptors (Lipinski definition) is 4. The van der Waals surface area contributed by atoms with Crippen LogP contribution in [0.15, 0.2) is 24.7 Å². The van der Waals surface area contributed by atoms with E-state index in [1.807, 2.05) is 31.7 Å². The number of hydrogen-bond donors (Lipinski definition) is 0. The minimum absolute atomic E-state index is 0.426. The molecular formula is C13H16N4O. The Morgan fingerprint density at radius 1 is 1.33 bits per heavy atom. The molecule has 3 heterocycles. The molecule has 5 nitrogen and oxygen atoms in total. The monoisotopic (exact) mass is 244 g/mol. The van der Waals surface area contributed by atoms with Gasteiger partial charge in [-0.3, -0.25) is 4.68 Å². The molecule has 0 radical (unpaired) electrons. The van der Waals surface area contributed by atoms with E-state index >= 15 is 0 Å². The first-order valence-corrected chi connectivity index (χ1v) is 6.22. The first-order valence-electron chi connectivity index (χ1n) is 6.22. The van der Waals surface area contributed by atoms with Crippen LogP contribution in [-0.4, -0.2) is 33.0 Å². The van der Waals surface area contributed by atoms with Gasteiger partial charge in [0.1, 0.15) is 5.82 Å². The lowest BCUT2D eigenvalue weighted by Crippen LogP contribution is -2.16. The summed E-state index contributed by atoms with van der Waals surface area (Å²) < 4.78 is 7.15. The fourth-order valence-corrected chi connectivity index (χ4v) is 2.24. The van der Waals surface area contributed by atoms with E-state index in [0.29, 0.717) is 5.92 Å². The molecule has 94 valence electrons. The van der Waals surface area contributed by atoms with Crippen molar-refractivity contribution >= 4 is 0 Å². The van der Waals surface area contributed by atoms with Crippen molar-refractivity contribution < 1.29 is 4.74 Å². The number of aromatic nitrogens is 4. The van der Waals surface area contributed by atoms with Crippen molar-refractivity contribution in [3.63, 3.8) is 0 Å². The maximum Gasteiger partial charge on any atom is 0.132 e. The topological polar surface area (TPSA) is 52.8 Å². The van der Waals surface area contributed by atoms with Gasteiger partial charge in [0.15, 0.2) is 0 Å². The van der Waals surface area contributed by atoms with Gasteiger partial charge in [0.2, 0.25) is 0 Å². The summed E-state index contributed by atoms with van der Waals surface area (Å²) in [5.74, 6) is 1.36. The Bertz CT molecular complexity index is 531. The molecule has 0 aromatic carbocycles. The van der Waals surface area contributed by atoms with Crippen molar-refractivity contribution in [2.24, 2.45) is 7.05 Å². The Balaban J connectivity index is 1.88. The van der Waals surface area contributed by atoms with Crippen LogP contribution < -0.4 is 0 Å². The molecule has 0 bridgehead atoms. The van der Waals surface area contributed by atoms with Gasteiger partial charge < -0.3 is 4.74 Å². The van der Waals surface area contributed by atoms with Gasteiger partial charge in [-0.25, -0.2) is 9.97 Å². The van der Waals surface area contributed by atoms with Crippen LogP contribution in [0.5, 0.6) is 0 Å². The molecule has 0 N–H and O–H groups in total. The van der Waals surface area contributed by atoms with E-state index in [0.717, 1.165) is 43.1 Å². The van der Waals surface area contributed by atoms with Crippen LogP contribution >= 0.6 is 0 Å². The summed E-state index contributed by atoms with van der Waals surface area (Å²) in [5, 5.41) is 4.17. The molecule has 1 saturated heterocycles. The third-order valence-corrected chi connectivity index (χ3v) is 3.26. The zero-order chi connectivity index (χ0) is 12.4. The zero-order valence-electron chi connectivity index (χ0n) is 10.4. The highest BCUT2D eigenvalue weighted by Crippen LogP contribution is 2.25. The standard InChI is InChI=1S/C13H16N4O/c1-17-9-11(8-15-17)12-2-5-14-13(16-12)10-3-6-18-7-4-10/h2,5,8-10H,3-4,6-7H2,1H3. The van der Waals surface area contributed by atoms with Crippen molar-refractivity contribution in [3.05, 3.63) is 30.5 Å². The van der Waals surface area contributed by atoms with Crippen LogP contribution in [0.25, 0.3) is 11.3 Å². The minimum Gasteiger partial charge on any atom is -0.381 e. The van der Waals surface area contributed by atoms with Crippen LogP contribution in [0, 0.1) is 0 Å². The predicted molar refractivity (Wildman–Crippen MR) is 67.0 cm³/mol. The molecule has 0 saturated carbocycles. The van der Waals surface area contributed by atoms with Gasteiger partial charge in [0.25, 0.3) is 0 Å². The summed E-state index contributed by atoms with van der Waals surface area (Å²) in [7, 11) is 1.91. The summed E-state index contributed by atoms with van der Waals surface area (Å²) in [6.07, 6.45) is 7.65. The fourth-order valence-electron chi connectivity index (χ4n) is 2.24. The molecule has 3 rings (SSSR count). The molecule has 0 unspecified atom stereocenters. The van der Waals surface area contributed by atoms with E-state index in [4.69, 9.17) is 4.74 Å². The second kappa shape index (κ2) is 4.86. The van der Waals surface area contributed by atoms with Gasteiger partial charge in [0, 0.05) is 44.1 Å². The largest absolute Gasteiger partial charge is 0.381 e. The molecule has 1 aliphatic rings. The highest BCUT2D eigenvalue weighted by atomic mass is 16.5. The van der Waals surface area contributed by atoms with E-state index in [1.165, 1.54) is 0 Å². The maximum atomic E-state index is 5.37. The normalized spacial score (nSPS) is 16.9. The van der Waals surface area contributed by atoms with Gasteiger partial charge in [-0.05, 0) is 18.9 Å². The molecular weight excluding hydrogens is 228 g/mol. The lowest BCUT2D eigenvalue weighted by molar-refractivity contribution is 0.0836. The molecule has 0 atom stereocenters. The van der Waals surface area contributed by atoms with Crippen molar-refractivity contribution in [1.82, 2.24) is 19.7 Å². The molecule has 1 aliphatic heterocycles. The molecule has 5 heteroatoms. The smallest absolute Gasteiger partial charge is 0.132 e. The molecule has 1 fully saturated rings. The second-order valence-electron chi connectivity index (χ2n) is 4.59. The lowest BCUT2D eigenvalue weighted by atomic mass is 9.99. The average molecular weight is 244 g/mol. The Labute approximate surface area is 106 Å². The first-order chi connectivity index (χ1) is 8.83.